The van der Waals surface area contributed by atoms with Gasteiger partial charge in [-0.3, -0.25) is 4.79 Å². The van der Waals surface area contributed by atoms with Crippen molar-refractivity contribution < 1.29 is 13.2 Å². The van der Waals surface area contributed by atoms with Crippen LogP contribution in [0.3, 0.4) is 0 Å². The van der Waals surface area contributed by atoms with Crippen LogP contribution in [0.2, 0.25) is 0 Å². The molecule has 3 N–H and O–H groups in total. The number of piperazine rings is 1. The van der Waals surface area contributed by atoms with E-state index in [-0.39, 0.29) is 36.2 Å². The molecule has 1 fully saturated rings. The molecule has 1 amide bonds. The van der Waals surface area contributed by atoms with E-state index >= 15 is 0 Å². The third-order valence-electron chi connectivity index (χ3n) is 3.39. The van der Waals surface area contributed by atoms with E-state index < -0.39 is 10.0 Å². The standard InChI is InChI=1S/C14H21N3O3S.ClH/c1-10-7-17(8-11(2)16-10)14(18)13-5-3-4-12(6-13)9-21(15,19)20;/h3-6,10-11,16H,7-9H2,1-2H3,(H2,15,19,20);1H. The molecule has 0 aromatic heterocycles. The van der Waals surface area contributed by atoms with Gasteiger partial charge < -0.3 is 10.2 Å². The molecular weight excluding hydrogens is 326 g/mol. The smallest absolute Gasteiger partial charge is 0.253 e. The lowest BCUT2D eigenvalue weighted by Gasteiger charge is -2.36. The quantitative estimate of drug-likeness (QED) is 0.842. The van der Waals surface area contributed by atoms with E-state index in [2.05, 4.69) is 5.32 Å². The second kappa shape index (κ2) is 7.41. The SMILES string of the molecule is CC1CN(C(=O)c2cccc(CS(N)(=O)=O)c2)CC(C)N1.Cl. The van der Waals surface area contributed by atoms with Crippen LogP contribution in [0.25, 0.3) is 0 Å². The molecule has 124 valence electrons. The van der Waals surface area contributed by atoms with Crippen LogP contribution >= 0.6 is 12.4 Å². The number of primary sulfonamides is 1. The first-order chi connectivity index (χ1) is 9.74. The summed E-state index contributed by atoms with van der Waals surface area (Å²) in [4.78, 5) is 14.3. The first kappa shape index (κ1) is 18.9. The van der Waals surface area contributed by atoms with Crippen molar-refractivity contribution in [3.05, 3.63) is 35.4 Å². The minimum absolute atomic E-state index is 0. The van der Waals surface area contributed by atoms with E-state index in [1.165, 1.54) is 0 Å². The van der Waals surface area contributed by atoms with Crippen molar-refractivity contribution in [2.45, 2.75) is 31.7 Å². The van der Waals surface area contributed by atoms with Crippen LogP contribution in [-0.4, -0.2) is 44.4 Å². The van der Waals surface area contributed by atoms with Gasteiger partial charge in [-0.25, -0.2) is 13.6 Å². The monoisotopic (exact) mass is 347 g/mol. The fourth-order valence-electron chi connectivity index (χ4n) is 2.70. The average Bonchev–Trinajstić information content (AvgIpc) is 2.35. The molecule has 2 atom stereocenters. The molecule has 1 aromatic rings. The number of amides is 1. The highest BCUT2D eigenvalue weighted by Crippen LogP contribution is 2.13. The lowest BCUT2D eigenvalue weighted by molar-refractivity contribution is 0.0673. The second-order valence-corrected chi connectivity index (χ2v) is 7.30. The minimum atomic E-state index is -3.60. The maximum absolute atomic E-state index is 12.5. The van der Waals surface area contributed by atoms with Gasteiger partial charge >= 0.3 is 0 Å². The zero-order chi connectivity index (χ0) is 15.6. The van der Waals surface area contributed by atoms with Crippen LogP contribution in [0.5, 0.6) is 0 Å². The molecule has 0 radical (unpaired) electrons. The number of carbonyl (C=O) groups excluding carboxylic acids is 1. The maximum atomic E-state index is 12.5. The molecule has 6 nitrogen and oxygen atoms in total. The molecule has 0 bridgehead atoms. The zero-order valence-corrected chi connectivity index (χ0v) is 14.3. The predicted molar refractivity (Wildman–Crippen MR) is 88.5 cm³/mol. The third kappa shape index (κ3) is 5.24. The van der Waals surface area contributed by atoms with Crippen molar-refractivity contribution in [1.82, 2.24) is 10.2 Å². The van der Waals surface area contributed by atoms with Crippen molar-refractivity contribution >= 4 is 28.3 Å². The number of rotatable bonds is 3. The fraction of sp³-hybridized carbons (Fsp3) is 0.500. The molecule has 2 unspecified atom stereocenters. The lowest BCUT2D eigenvalue weighted by atomic mass is 10.1. The van der Waals surface area contributed by atoms with Gasteiger partial charge in [0.15, 0.2) is 0 Å². The number of nitrogens with zero attached hydrogens (tertiary/aromatic N) is 1. The highest BCUT2D eigenvalue weighted by Gasteiger charge is 2.25. The number of nitrogens with two attached hydrogens (primary N) is 1. The molecule has 22 heavy (non-hydrogen) atoms. The maximum Gasteiger partial charge on any atom is 0.253 e. The van der Waals surface area contributed by atoms with E-state index in [1.54, 1.807) is 29.2 Å². The van der Waals surface area contributed by atoms with Crippen LogP contribution in [0.15, 0.2) is 24.3 Å². The summed E-state index contributed by atoms with van der Waals surface area (Å²) in [5, 5.41) is 8.41. The molecule has 1 aliphatic rings. The molecule has 8 heteroatoms. The van der Waals surface area contributed by atoms with E-state index in [1.807, 2.05) is 13.8 Å². The van der Waals surface area contributed by atoms with Gasteiger partial charge in [0.05, 0.1) is 5.75 Å². The number of nitrogens with one attached hydrogen (secondary N) is 1. The Morgan fingerprint density at radius 2 is 1.91 bits per heavy atom. The van der Waals surface area contributed by atoms with Gasteiger partial charge in [-0.15, -0.1) is 12.4 Å². The number of halogens is 1. The topological polar surface area (TPSA) is 92.5 Å². The van der Waals surface area contributed by atoms with Crippen LogP contribution < -0.4 is 10.5 Å². The van der Waals surface area contributed by atoms with Crippen molar-refractivity contribution in [3.63, 3.8) is 0 Å². The van der Waals surface area contributed by atoms with Crippen molar-refractivity contribution in [2.75, 3.05) is 13.1 Å². The van der Waals surface area contributed by atoms with Gasteiger partial charge in [-0.05, 0) is 31.5 Å². The summed E-state index contributed by atoms with van der Waals surface area (Å²) in [6.45, 7) is 5.35. The average molecular weight is 348 g/mol. The zero-order valence-electron chi connectivity index (χ0n) is 12.7. The largest absolute Gasteiger partial charge is 0.336 e. The van der Waals surface area contributed by atoms with E-state index in [9.17, 15) is 13.2 Å². The highest BCUT2D eigenvalue weighted by atomic mass is 35.5. The van der Waals surface area contributed by atoms with Gasteiger partial charge in [0.1, 0.15) is 0 Å². The molecule has 1 saturated heterocycles. The lowest BCUT2D eigenvalue weighted by Crippen LogP contribution is -2.55. The molecule has 2 rings (SSSR count). The van der Waals surface area contributed by atoms with E-state index in [0.717, 1.165) is 0 Å². The Balaban J connectivity index is 0.00000242. The Kier molecular flexibility index (Phi) is 6.37. The Labute approximate surface area is 137 Å². The number of benzene rings is 1. The Morgan fingerprint density at radius 3 is 2.45 bits per heavy atom. The minimum Gasteiger partial charge on any atom is -0.336 e. The first-order valence-corrected chi connectivity index (χ1v) is 8.61. The van der Waals surface area contributed by atoms with Crippen LogP contribution in [0, 0.1) is 0 Å². The molecular formula is C14H22ClN3O3S. The van der Waals surface area contributed by atoms with Gasteiger partial charge in [-0.1, -0.05) is 12.1 Å². The first-order valence-electron chi connectivity index (χ1n) is 6.89. The number of carbonyl (C=O) groups is 1. The summed E-state index contributed by atoms with van der Waals surface area (Å²) in [6, 6.07) is 7.12. The summed E-state index contributed by atoms with van der Waals surface area (Å²) in [5.41, 5.74) is 1.03. The summed E-state index contributed by atoms with van der Waals surface area (Å²) < 4.78 is 22.3. The summed E-state index contributed by atoms with van der Waals surface area (Å²) >= 11 is 0. The summed E-state index contributed by atoms with van der Waals surface area (Å²) in [7, 11) is -3.60. The van der Waals surface area contributed by atoms with Crippen molar-refractivity contribution in [3.8, 4) is 0 Å². The Morgan fingerprint density at radius 1 is 1.32 bits per heavy atom. The third-order valence-corrected chi connectivity index (χ3v) is 4.12. The van der Waals surface area contributed by atoms with Crippen LogP contribution in [0.4, 0.5) is 0 Å². The molecule has 0 spiro atoms. The van der Waals surface area contributed by atoms with Gasteiger partial charge in [0.25, 0.3) is 5.91 Å². The molecule has 1 aliphatic heterocycles. The molecule has 1 aromatic carbocycles. The molecule has 1 heterocycles. The molecule has 0 aliphatic carbocycles. The molecule has 0 saturated carbocycles. The van der Waals surface area contributed by atoms with Gasteiger partial charge in [0.2, 0.25) is 10.0 Å². The predicted octanol–water partition coefficient (Wildman–Crippen LogP) is 0.719. The number of hydrogen-bond acceptors (Lipinski definition) is 4. The van der Waals surface area contributed by atoms with E-state index in [0.29, 0.717) is 24.2 Å². The normalized spacial score (nSPS) is 22.0. The van der Waals surface area contributed by atoms with E-state index in [4.69, 9.17) is 5.14 Å². The number of sulfonamides is 1. The van der Waals surface area contributed by atoms with Crippen molar-refractivity contribution in [1.29, 1.82) is 0 Å². The summed E-state index contributed by atoms with van der Waals surface area (Å²) in [5.74, 6) is -0.339. The Bertz CT molecular complexity index is 626. The van der Waals surface area contributed by atoms with Gasteiger partial charge in [-0.2, -0.15) is 0 Å². The fourth-order valence-corrected chi connectivity index (χ4v) is 3.35. The van der Waals surface area contributed by atoms with Gasteiger partial charge in [0, 0.05) is 30.7 Å². The summed E-state index contributed by atoms with van der Waals surface area (Å²) in [6.07, 6.45) is 0. The number of hydrogen-bond donors (Lipinski definition) is 2. The Hall–Kier alpha value is -1.15. The van der Waals surface area contributed by atoms with Crippen molar-refractivity contribution in [2.24, 2.45) is 5.14 Å². The van der Waals surface area contributed by atoms with Crippen LogP contribution in [0.1, 0.15) is 29.8 Å². The second-order valence-electron chi connectivity index (χ2n) is 5.69. The highest BCUT2D eigenvalue weighted by molar-refractivity contribution is 7.88. The van der Waals surface area contributed by atoms with Crippen LogP contribution in [-0.2, 0) is 15.8 Å².